The molecule has 8 heteroatoms. The van der Waals surface area contributed by atoms with Crippen LogP contribution in [0, 0.1) is 18.6 Å². The SMILES string of the molecule is Cc1ccc(-c2cnn(C(C)C(=O)Nc3ccc(F)cc3F)c(=O)n2)cc1. The first-order chi connectivity index (χ1) is 12.8. The third kappa shape index (κ3) is 4.05. The van der Waals surface area contributed by atoms with Gasteiger partial charge in [0.05, 0.1) is 17.6 Å². The Kier molecular flexibility index (Phi) is 5.07. The number of halogens is 2. The van der Waals surface area contributed by atoms with E-state index in [-0.39, 0.29) is 5.69 Å². The summed E-state index contributed by atoms with van der Waals surface area (Å²) in [5.74, 6) is -2.35. The molecule has 138 valence electrons. The number of anilines is 1. The minimum Gasteiger partial charge on any atom is -0.322 e. The lowest BCUT2D eigenvalue weighted by Crippen LogP contribution is -2.35. The summed E-state index contributed by atoms with van der Waals surface area (Å²) >= 11 is 0. The van der Waals surface area contributed by atoms with Crippen LogP contribution in [-0.2, 0) is 4.79 Å². The standard InChI is InChI=1S/C19H16F2N4O2/c1-11-3-5-13(6-4-11)17-10-22-25(19(27)24-17)12(2)18(26)23-16-8-7-14(20)9-15(16)21/h3-10,12H,1-2H3,(H,23,26). The van der Waals surface area contributed by atoms with E-state index in [0.29, 0.717) is 11.8 Å². The van der Waals surface area contributed by atoms with E-state index in [1.165, 1.54) is 13.1 Å². The van der Waals surface area contributed by atoms with Crippen molar-refractivity contribution in [3.8, 4) is 11.3 Å². The Labute approximate surface area is 153 Å². The van der Waals surface area contributed by atoms with Gasteiger partial charge in [-0.25, -0.2) is 18.3 Å². The van der Waals surface area contributed by atoms with Gasteiger partial charge in [0.1, 0.15) is 17.7 Å². The Bertz CT molecular complexity index is 1050. The van der Waals surface area contributed by atoms with Gasteiger partial charge in [-0.3, -0.25) is 4.79 Å². The topological polar surface area (TPSA) is 76.9 Å². The zero-order chi connectivity index (χ0) is 19.6. The second kappa shape index (κ2) is 7.45. The molecule has 3 aromatic rings. The minimum atomic E-state index is -1.04. The van der Waals surface area contributed by atoms with Crippen molar-refractivity contribution in [2.75, 3.05) is 5.32 Å². The normalized spacial score (nSPS) is 11.9. The molecule has 1 N–H and O–H groups in total. The quantitative estimate of drug-likeness (QED) is 0.766. The molecular formula is C19H16F2N4O2. The Morgan fingerprint density at radius 1 is 1.15 bits per heavy atom. The first kappa shape index (κ1) is 18.4. The first-order valence-corrected chi connectivity index (χ1v) is 8.14. The molecule has 1 heterocycles. The molecular weight excluding hydrogens is 354 g/mol. The zero-order valence-electron chi connectivity index (χ0n) is 14.6. The highest BCUT2D eigenvalue weighted by Gasteiger charge is 2.20. The maximum absolute atomic E-state index is 13.7. The number of aromatic nitrogens is 3. The molecule has 3 rings (SSSR count). The van der Waals surface area contributed by atoms with Crippen molar-refractivity contribution in [1.29, 1.82) is 0 Å². The minimum absolute atomic E-state index is 0.189. The molecule has 0 aliphatic carbocycles. The Hall–Kier alpha value is -3.42. The predicted molar refractivity (Wildman–Crippen MR) is 96.2 cm³/mol. The second-order valence-corrected chi connectivity index (χ2v) is 6.02. The van der Waals surface area contributed by atoms with Gasteiger partial charge in [0.25, 0.3) is 0 Å². The van der Waals surface area contributed by atoms with E-state index < -0.39 is 29.3 Å². The van der Waals surface area contributed by atoms with Gasteiger partial charge in [-0.15, -0.1) is 0 Å². The van der Waals surface area contributed by atoms with Crippen LogP contribution in [0.5, 0.6) is 0 Å². The molecule has 0 radical (unpaired) electrons. The number of amides is 1. The van der Waals surface area contributed by atoms with Crippen LogP contribution in [0.15, 0.2) is 53.5 Å². The Morgan fingerprint density at radius 2 is 1.85 bits per heavy atom. The fourth-order valence-electron chi connectivity index (χ4n) is 2.42. The van der Waals surface area contributed by atoms with Crippen LogP contribution < -0.4 is 11.0 Å². The molecule has 0 aliphatic heterocycles. The van der Waals surface area contributed by atoms with Gasteiger partial charge in [0.2, 0.25) is 5.91 Å². The largest absolute Gasteiger partial charge is 0.365 e. The average molecular weight is 370 g/mol. The number of hydrogen-bond acceptors (Lipinski definition) is 4. The van der Waals surface area contributed by atoms with Gasteiger partial charge in [-0.05, 0) is 26.0 Å². The average Bonchev–Trinajstić information content (AvgIpc) is 2.64. The summed E-state index contributed by atoms with van der Waals surface area (Å²) in [6, 6.07) is 9.14. The Balaban J connectivity index is 1.81. The van der Waals surface area contributed by atoms with Gasteiger partial charge in [-0.1, -0.05) is 29.8 Å². The van der Waals surface area contributed by atoms with Crippen molar-refractivity contribution >= 4 is 11.6 Å². The first-order valence-electron chi connectivity index (χ1n) is 8.14. The van der Waals surface area contributed by atoms with Crippen LogP contribution in [-0.4, -0.2) is 20.7 Å². The summed E-state index contributed by atoms with van der Waals surface area (Å²) in [6.45, 7) is 3.37. The number of rotatable bonds is 4. The molecule has 6 nitrogen and oxygen atoms in total. The summed E-state index contributed by atoms with van der Waals surface area (Å²) in [4.78, 5) is 28.5. The third-order valence-corrected chi connectivity index (χ3v) is 4.00. The lowest BCUT2D eigenvalue weighted by Gasteiger charge is -2.14. The van der Waals surface area contributed by atoms with E-state index in [1.807, 2.05) is 31.2 Å². The number of benzene rings is 2. The van der Waals surface area contributed by atoms with Crippen LogP contribution in [0.2, 0.25) is 0 Å². The van der Waals surface area contributed by atoms with Gasteiger partial charge in [0.15, 0.2) is 0 Å². The van der Waals surface area contributed by atoms with Crippen molar-refractivity contribution in [3.63, 3.8) is 0 Å². The zero-order valence-corrected chi connectivity index (χ0v) is 14.6. The van der Waals surface area contributed by atoms with Crippen LogP contribution in [0.4, 0.5) is 14.5 Å². The molecule has 27 heavy (non-hydrogen) atoms. The van der Waals surface area contributed by atoms with E-state index in [1.54, 1.807) is 0 Å². The van der Waals surface area contributed by atoms with Gasteiger partial charge in [-0.2, -0.15) is 10.1 Å². The van der Waals surface area contributed by atoms with Crippen molar-refractivity contribution < 1.29 is 13.6 Å². The van der Waals surface area contributed by atoms with Crippen molar-refractivity contribution in [1.82, 2.24) is 14.8 Å². The molecule has 2 aromatic carbocycles. The van der Waals surface area contributed by atoms with Crippen LogP contribution in [0.1, 0.15) is 18.5 Å². The third-order valence-electron chi connectivity index (χ3n) is 4.00. The highest BCUT2D eigenvalue weighted by molar-refractivity contribution is 5.93. The summed E-state index contributed by atoms with van der Waals surface area (Å²) in [5, 5.41) is 6.31. The number of carbonyl (C=O) groups excluding carboxylic acids is 1. The molecule has 0 spiro atoms. The van der Waals surface area contributed by atoms with Crippen molar-refractivity contribution in [2.24, 2.45) is 0 Å². The molecule has 1 atom stereocenters. The van der Waals surface area contributed by atoms with Crippen LogP contribution in [0.25, 0.3) is 11.3 Å². The number of nitrogens with zero attached hydrogens (tertiary/aromatic N) is 3. The van der Waals surface area contributed by atoms with Gasteiger partial charge < -0.3 is 5.32 Å². The molecule has 0 fully saturated rings. The fourth-order valence-corrected chi connectivity index (χ4v) is 2.42. The van der Waals surface area contributed by atoms with E-state index in [9.17, 15) is 18.4 Å². The van der Waals surface area contributed by atoms with Crippen LogP contribution in [0.3, 0.4) is 0 Å². The summed E-state index contributed by atoms with van der Waals surface area (Å²) in [5.41, 5.74) is 1.27. The Morgan fingerprint density at radius 3 is 2.48 bits per heavy atom. The maximum Gasteiger partial charge on any atom is 0.365 e. The number of nitrogens with one attached hydrogen (secondary N) is 1. The van der Waals surface area contributed by atoms with Crippen molar-refractivity contribution in [2.45, 2.75) is 19.9 Å². The maximum atomic E-state index is 13.7. The highest BCUT2D eigenvalue weighted by atomic mass is 19.1. The number of aryl methyl sites for hydroxylation is 1. The van der Waals surface area contributed by atoms with Crippen LogP contribution >= 0.6 is 0 Å². The lowest BCUT2D eigenvalue weighted by atomic mass is 10.1. The highest BCUT2D eigenvalue weighted by Crippen LogP contribution is 2.17. The van der Waals surface area contributed by atoms with Gasteiger partial charge in [0, 0.05) is 11.6 Å². The van der Waals surface area contributed by atoms with E-state index in [2.05, 4.69) is 15.4 Å². The molecule has 0 saturated heterocycles. The van der Waals surface area contributed by atoms with E-state index in [4.69, 9.17) is 0 Å². The molecule has 0 bridgehead atoms. The van der Waals surface area contributed by atoms with E-state index >= 15 is 0 Å². The number of carbonyl (C=O) groups is 1. The fraction of sp³-hybridized carbons (Fsp3) is 0.158. The monoisotopic (exact) mass is 370 g/mol. The molecule has 0 aliphatic rings. The second-order valence-electron chi connectivity index (χ2n) is 6.02. The summed E-state index contributed by atoms with van der Waals surface area (Å²) in [6.07, 6.45) is 1.38. The van der Waals surface area contributed by atoms with Crippen molar-refractivity contribution in [3.05, 3.63) is 76.3 Å². The summed E-state index contributed by atoms with van der Waals surface area (Å²) in [7, 11) is 0. The number of hydrogen-bond donors (Lipinski definition) is 1. The lowest BCUT2D eigenvalue weighted by molar-refractivity contribution is -0.119. The molecule has 1 aromatic heterocycles. The molecule has 0 saturated carbocycles. The van der Waals surface area contributed by atoms with E-state index in [0.717, 1.165) is 27.9 Å². The smallest absolute Gasteiger partial charge is 0.322 e. The summed E-state index contributed by atoms with van der Waals surface area (Å²) < 4.78 is 27.5. The molecule has 1 unspecified atom stereocenters. The van der Waals surface area contributed by atoms with Gasteiger partial charge >= 0.3 is 5.69 Å². The molecule has 1 amide bonds. The predicted octanol–water partition coefficient (Wildman–Crippen LogP) is 3.09.